The zero-order valence-electron chi connectivity index (χ0n) is 9.80. The van der Waals surface area contributed by atoms with Crippen molar-refractivity contribution in [1.82, 2.24) is 4.72 Å². The molecule has 0 aliphatic carbocycles. The highest BCUT2D eigenvalue weighted by Gasteiger charge is 2.07. The number of nitrogen functional groups attached to an aromatic ring is 1. The molecule has 0 unspecified atom stereocenters. The van der Waals surface area contributed by atoms with Gasteiger partial charge in [0.05, 0.1) is 11.8 Å². The van der Waals surface area contributed by atoms with Crippen molar-refractivity contribution in [1.29, 1.82) is 0 Å². The number of carboxylic acid groups (broad SMARTS) is 1. The summed E-state index contributed by atoms with van der Waals surface area (Å²) in [7, 11) is -3.20. The van der Waals surface area contributed by atoms with Crippen LogP contribution in [0.1, 0.15) is 10.4 Å². The van der Waals surface area contributed by atoms with Gasteiger partial charge in [-0.3, -0.25) is 0 Å². The van der Waals surface area contributed by atoms with E-state index in [2.05, 4.69) is 10.0 Å². The average molecular weight is 273 g/mol. The van der Waals surface area contributed by atoms with Crippen LogP contribution in [0.2, 0.25) is 0 Å². The van der Waals surface area contributed by atoms with E-state index in [1.54, 1.807) is 6.07 Å². The Morgan fingerprint density at radius 1 is 1.39 bits per heavy atom. The predicted molar refractivity (Wildman–Crippen MR) is 69.1 cm³/mol. The molecule has 7 nitrogen and oxygen atoms in total. The van der Waals surface area contributed by atoms with Crippen molar-refractivity contribution in [3.63, 3.8) is 0 Å². The van der Waals surface area contributed by atoms with Crippen LogP contribution in [0.4, 0.5) is 11.4 Å². The lowest BCUT2D eigenvalue weighted by molar-refractivity contribution is 0.0698. The third-order valence-corrected chi connectivity index (χ3v) is 2.83. The highest BCUT2D eigenvalue weighted by atomic mass is 32.2. The summed E-state index contributed by atoms with van der Waals surface area (Å²) in [5.74, 6) is -1.09. The van der Waals surface area contributed by atoms with E-state index in [1.807, 2.05) is 0 Å². The molecule has 18 heavy (non-hydrogen) atoms. The minimum Gasteiger partial charge on any atom is -0.478 e. The summed E-state index contributed by atoms with van der Waals surface area (Å²) in [4.78, 5) is 10.7. The number of anilines is 2. The minimum absolute atomic E-state index is 0.0369. The maximum atomic E-state index is 10.8. The fraction of sp³-hybridized carbons (Fsp3) is 0.300. The van der Waals surface area contributed by atoms with Crippen LogP contribution in [0.15, 0.2) is 18.2 Å². The number of carboxylic acids is 1. The van der Waals surface area contributed by atoms with Crippen molar-refractivity contribution in [2.45, 2.75) is 0 Å². The molecule has 1 aromatic carbocycles. The standard InChI is InChI=1S/C10H15N3O4S/c1-18(16,17)13-5-4-12-7-2-3-8(10(14)15)9(11)6-7/h2-3,6,12-13H,4-5,11H2,1H3,(H,14,15). The molecule has 0 spiro atoms. The smallest absolute Gasteiger partial charge is 0.337 e. The second kappa shape index (κ2) is 5.69. The van der Waals surface area contributed by atoms with Crippen LogP contribution < -0.4 is 15.8 Å². The summed E-state index contributed by atoms with van der Waals surface area (Å²) in [6, 6.07) is 4.45. The number of aromatic carboxylic acids is 1. The monoisotopic (exact) mass is 273 g/mol. The number of nitrogens with two attached hydrogens (primary N) is 1. The average Bonchev–Trinajstić information content (AvgIpc) is 2.22. The number of carbonyl (C=O) groups is 1. The molecule has 0 atom stereocenters. The highest BCUT2D eigenvalue weighted by molar-refractivity contribution is 7.88. The van der Waals surface area contributed by atoms with Crippen molar-refractivity contribution in [2.24, 2.45) is 0 Å². The Morgan fingerprint density at radius 2 is 2.06 bits per heavy atom. The molecule has 0 fully saturated rings. The van der Waals surface area contributed by atoms with Gasteiger partial charge in [-0.05, 0) is 18.2 Å². The predicted octanol–water partition coefficient (Wildman–Crippen LogP) is -0.0719. The zero-order chi connectivity index (χ0) is 13.8. The van der Waals surface area contributed by atoms with Gasteiger partial charge in [-0.1, -0.05) is 0 Å². The topological polar surface area (TPSA) is 122 Å². The van der Waals surface area contributed by atoms with Gasteiger partial charge in [-0.2, -0.15) is 0 Å². The molecule has 5 N–H and O–H groups in total. The lowest BCUT2D eigenvalue weighted by Gasteiger charge is -2.08. The second-order valence-electron chi connectivity index (χ2n) is 3.70. The van der Waals surface area contributed by atoms with Gasteiger partial charge in [0.2, 0.25) is 10.0 Å². The molecule has 0 amide bonds. The van der Waals surface area contributed by atoms with Gasteiger partial charge in [-0.25, -0.2) is 17.9 Å². The Labute approximate surface area is 105 Å². The van der Waals surface area contributed by atoms with E-state index in [1.165, 1.54) is 12.1 Å². The molecule has 0 aliphatic rings. The maximum Gasteiger partial charge on any atom is 0.337 e. The Balaban J connectivity index is 2.54. The molecule has 0 aromatic heterocycles. The lowest BCUT2D eigenvalue weighted by atomic mass is 10.1. The summed E-state index contributed by atoms with van der Waals surface area (Å²) in [6.45, 7) is 0.609. The molecular weight excluding hydrogens is 258 g/mol. The van der Waals surface area contributed by atoms with Crippen molar-refractivity contribution in [3.8, 4) is 0 Å². The quantitative estimate of drug-likeness (QED) is 0.425. The van der Waals surface area contributed by atoms with Crippen LogP contribution in [-0.2, 0) is 10.0 Å². The van der Waals surface area contributed by atoms with Crippen molar-refractivity contribution in [2.75, 3.05) is 30.4 Å². The largest absolute Gasteiger partial charge is 0.478 e. The maximum absolute atomic E-state index is 10.8. The first-order valence-corrected chi connectivity index (χ1v) is 7.00. The van der Waals surface area contributed by atoms with E-state index in [0.717, 1.165) is 6.26 Å². The van der Waals surface area contributed by atoms with Gasteiger partial charge in [-0.15, -0.1) is 0 Å². The number of nitrogens with one attached hydrogen (secondary N) is 2. The Hall–Kier alpha value is -1.80. The van der Waals surface area contributed by atoms with Crippen LogP contribution in [-0.4, -0.2) is 38.8 Å². The summed E-state index contributed by atoms with van der Waals surface area (Å²) in [6.07, 6.45) is 1.08. The molecule has 0 heterocycles. The van der Waals surface area contributed by atoms with Crippen LogP contribution in [0, 0.1) is 0 Å². The van der Waals surface area contributed by atoms with E-state index in [-0.39, 0.29) is 17.8 Å². The SMILES string of the molecule is CS(=O)(=O)NCCNc1ccc(C(=O)O)c(N)c1. The van der Waals surface area contributed by atoms with E-state index in [4.69, 9.17) is 10.8 Å². The van der Waals surface area contributed by atoms with Crippen molar-refractivity contribution < 1.29 is 18.3 Å². The minimum atomic E-state index is -3.20. The Kier molecular flexibility index (Phi) is 4.51. The second-order valence-corrected chi connectivity index (χ2v) is 5.53. The fourth-order valence-electron chi connectivity index (χ4n) is 1.31. The van der Waals surface area contributed by atoms with Gasteiger partial charge >= 0.3 is 5.97 Å². The lowest BCUT2D eigenvalue weighted by Crippen LogP contribution is -2.27. The molecule has 0 saturated carbocycles. The van der Waals surface area contributed by atoms with Gasteiger partial charge in [0.1, 0.15) is 0 Å². The van der Waals surface area contributed by atoms with Gasteiger partial charge in [0.15, 0.2) is 0 Å². The van der Waals surface area contributed by atoms with Crippen LogP contribution >= 0.6 is 0 Å². The summed E-state index contributed by atoms with van der Waals surface area (Å²) in [5, 5.41) is 11.7. The third kappa shape index (κ3) is 4.60. The van der Waals surface area contributed by atoms with Crippen LogP contribution in [0.25, 0.3) is 0 Å². The molecule has 8 heteroatoms. The zero-order valence-corrected chi connectivity index (χ0v) is 10.6. The normalized spacial score (nSPS) is 11.2. The molecule has 0 radical (unpaired) electrons. The van der Waals surface area contributed by atoms with Crippen LogP contribution in [0.5, 0.6) is 0 Å². The van der Waals surface area contributed by atoms with E-state index < -0.39 is 16.0 Å². The van der Waals surface area contributed by atoms with E-state index in [9.17, 15) is 13.2 Å². The first-order valence-electron chi connectivity index (χ1n) is 5.11. The van der Waals surface area contributed by atoms with Crippen molar-refractivity contribution in [3.05, 3.63) is 23.8 Å². The Bertz CT molecular complexity index is 542. The van der Waals surface area contributed by atoms with E-state index in [0.29, 0.717) is 12.2 Å². The van der Waals surface area contributed by atoms with Gasteiger partial charge in [0.25, 0.3) is 0 Å². The molecule has 0 saturated heterocycles. The molecular formula is C10H15N3O4S. The number of hydrogen-bond donors (Lipinski definition) is 4. The van der Waals surface area contributed by atoms with Gasteiger partial charge < -0.3 is 16.2 Å². The third-order valence-electron chi connectivity index (χ3n) is 2.10. The molecule has 1 rings (SSSR count). The summed E-state index contributed by atoms with van der Waals surface area (Å²) < 4.78 is 23.9. The summed E-state index contributed by atoms with van der Waals surface area (Å²) in [5.41, 5.74) is 6.39. The fourth-order valence-corrected chi connectivity index (χ4v) is 1.78. The number of sulfonamides is 1. The first kappa shape index (κ1) is 14.3. The Morgan fingerprint density at radius 3 is 2.56 bits per heavy atom. The molecule has 0 bridgehead atoms. The first-order chi connectivity index (χ1) is 8.29. The number of rotatable bonds is 6. The number of hydrogen-bond acceptors (Lipinski definition) is 5. The van der Waals surface area contributed by atoms with Crippen LogP contribution in [0.3, 0.4) is 0 Å². The molecule has 1 aromatic rings. The van der Waals surface area contributed by atoms with E-state index >= 15 is 0 Å². The van der Waals surface area contributed by atoms with Gasteiger partial charge in [0, 0.05) is 24.5 Å². The summed E-state index contributed by atoms with van der Waals surface area (Å²) >= 11 is 0. The molecule has 100 valence electrons. The highest BCUT2D eigenvalue weighted by Crippen LogP contribution is 2.17. The molecule has 0 aliphatic heterocycles. The van der Waals surface area contributed by atoms with Crippen molar-refractivity contribution >= 4 is 27.4 Å². The number of benzene rings is 1.